The zero-order chi connectivity index (χ0) is 18.9. The average Bonchev–Trinajstić information content (AvgIpc) is 2.73. The summed E-state index contributed by atoms with van der Waals surface area (Å²) in [6, 6.07) is 18.6. The number of ether oxygens (including phenoxy) is 1. The van der Waals surface area contributed by atoms with Gasteiger partial charge in [0.15, 0.2) is 5.78 Å². The third-order valence-corrected chi connectivity index (χ3v) is 4.25. The standard InChI is InChI=1S/C22H22O5/c23-21(18-9-5-2-6-10-18)14-13-19-11-12-20(27-26-19)15-22(24)25-16-17-7-3-1-4-8-17/h1-10,13-14,19-20H,11-12,15-16H2/b14-13-/t19-,20-/m0/s1. The molecule has 1 saturated heterocycles. The number of benzene rings is 2. The second-order valence-corrected chi connectivity index (χ2v) is 6.37. The lowest BCUT2D eigenvalue weighted by molar-refractivity contribution is -0.363. The van der Waals surface area contributed by atoms with Gasteiger partial charge in [-0.05, 0) is 30.6 Å². The van der Waals surface area contributed by atoms with E-state index in [0.717, 1.165) is 5.56 Å². The van der Waals surface area contributed by atoms with Crippen molar-refractivity contribution in [1.82, 2.24) is 0 Å². The highest BCUT2D eigenvalue weighted by molar-refractivity contribution is 6.04. The Labute approximate surface area is 158 Å². The van der Waals surface area contributed by atoms with Gasteiger partial charge >= 0.3 is 5.97 Å². The maximum absolute atomic E-state index is 12.0. The van der Waals surface area contributed by atoms with E-state index in [-0.39, 0.29) is 37.0 Å². The number of hydrogen-bond acceptors (Lipinski definition) is 5. The molecule has 2 atom stereocenters. The summed E-state index contributed by atoms with van der Waals surface area (Å²) in [5, 5.41) is 0. The van der Waals surface area contributed by atoms with Gasteiger partial charge in [-0.2, -0.15) is 0 Å². The Kier molecular flexibility index (Phi) is 6.90. The topological polar surface area (TPSA) is 61.8 Å². The first-order valence-electron chi connectivity index (χ1n) is 9.00. The van der Waals surface area contributed by atoms with Gasteiger partial charge in [-0.3, -0.25) is 9.59 Å². The molecule has 1 aliphatic heterocycles. The van der Waals surface area contributed by atoms with E-state index in [0.29, 0.717) is 18.4 Å². The number of hydrogen-bond donors (Lipinski definition) is 0. The van der Waals surface area contributed by atoms with Crippen molar-refractivity contribution in [2.24, 2.45) is 0 Å². The molecule has 2 aromatic rings. The lowest BCUT2D eigenvalue weighted by Crippen LogP contribution is -2.29. The van der Waals surface area contributed by atoms with Gasteiger partial charge in [0.2, 0.25) is 0 Å². The number of carbonyl (C=O) groups is 2. The van der Waals surface area contributed by atoms with Crippen molar-refractivity contribution >= 4 is 11.8 Å². The van der Waals surface area contributed by atoms with E-state index in [1.54, 1.807) is 18.2 Å². The number of carbonyl (C=O) groups excluding carboxylic acids is 2. The number of allylic oxidation sites excluding steroid dienone is 1. The van der Waals surface area contributed by atoms with Gasteiger partial charge in [-0.25, -0.2) is 9.78 Å². The van der Waals surface area contributed by atoms with Crippen LogP contribution < -0.4 is 0 Å². The highest BCUT2D eigenvalue weighted by Gasteiger charge is 2.24. The first kappa shape index (κ1) is 19.0. The lowest BCUT2D eigenvalue weighted by Gasteiger charge is -2.25. The van der Waals surface area contributed by atoms with Crippen LogP contribution in [0.25, 0.3) is 0 Å². The largest absolute Gasteiger partial charge is 0.461 e. The summed E-state index contributed by atoms with van der Waals surface area (Å²) in [4.78, 5) is 34.5. The summed E-state index contributed by atoms with van der Waals surface area (Å²) in [6.45, 7) is 0.250. The molecule has 0 spiro atoms. The molecule has 0 N–H and O–H groups in total. The molecule has 5 heteroatoms. The first-order valence-corrected chi connectivity index (χ1v) is 9.00. The van der Waals surface area contributed by atoms with Crippen molar-refractivity contribution in [3.63, 3.8) is 0 Å². The zero-order valence-corrected chi connectivity index (χ0v) is 15.0. The SMILES string of the molecule is O=C(C[C@@H]1CC[C@@H](/C=C\C(=O)c2ccccc2)OO1)OCc1ccccc1. The van der Waals surface area contributed by atoms with Crippen molar-refractivity contribution in [2.75, 3.05) is 0 Å². The second-order valence-electron chi connectivity index (χ2n) is 6.37. The summed E-state index contributed by atoms with van der Waals surface area (Å²) < 4.78 is 5.25. The molecule has 1 heterocycles. The Bertz CT molecular complexity index is 762. The van der Waals surface area contributed by atoms with Crippen molar-refractivity contribution in [3.8, 4) is 0 Å². The minimum absolute atomic E-state index is 0.0780. The fourth-order valence-electron chi connectivity index (χ4n) is 2.74. The molecule has 140 valence electrons. The molecule has 2 aromatic carbocycles. The molecule has 0 bridgehead atoms. The van der Waals surface area contributed by atoms with E-state index in [2.05, 4.69) is 0 Å². The maximum atomic E-state index is 12.0. The van der Waals surface area contributed by atoms with E-state index in [4.69, 9.17) is 14.5 Å². The summed E-state index contributed by atoms with van der Waals surface area (Å²) >= 11 is 0. The minimum Gasteiger partial charge on any atom is -0.461 e. The zero-order valence-electron chi connectivity index (χ0n) is 15.0. The third kappa shape index (κ3) is 6.16. The predicted molar refractivity (Wildman–Crippen MR) is 99.7 cm³/mol. The smallest absolute Gasteiger partial charge is 0.308 e. The summed E-state index contributed by atoms with van der Waals surface area (Å²) in [5.41, 5.74) is 1.57. The van der Waals surface area contributed by atoms with Crippen LogP contribution >= 0.6 is 0 Å². The Morgan fingerprint density at radius 2 is 1.67 bits per heavy atom. The third-order valence-electron chi connectivity index (χ3n) is 4.25. The van der Waals surface area contributed by atoms with Gasteiger partial charge in [-0.1, -0.05) is 60.7 Å². The van der Waals surface area contributed by atoms with Crippen LogP contribution in [0.1, 0.15) is 35.2 Å². The van der Waals surface area contributed by atoms with Crippen LogP contribution in [0.4, 0.5) is 0 Å². The normalized spacial score (nSPS) is 19.7. The van der Waals surface area contributed by atoms with Crippen LogP contribution in [0.15, 0.2) is 72.8 Å². The molecule has 0 aromatic heterocycles. The van der Waals surface area contributed by atoms with Crippen molar-refractivity contribution in [2.45, 2.75) is 38.1 Å². The highest BCUT2D eigenvalue weighted by Crippen LogP contribution is 2.20. The van der Waals surface area contributed by atoms with Crippen LogP contribution in [-0.4, -0.2) is 24.0 Å². The van der Waals surface area contributed by atoms with E-state index >= 15 is 0 Å². The molecular formula is C22H22O5. The summed E-state index contributed by atoms with van der Waals surface area (Å²) in [7, 11) is 0. The van der Waals surface area contributed by atoms with E-state index in [1.807, 2.05) is 48.5 Å². The molecule has 0 amide bonds. The van der Waals surface area contributed by atoms with E-state index in [9.17, 15) is 9.59 Å². The van der Waals surface area contributed by atoms with Crippen LogP contribution in [0.3, 0.4) is 0 Å². The van der Waals surface area contributed by atoms with Crippen LogP contribution in [0.2, 0.25) is 0 Å². The minimum atomic E-state index is -0.331. The molecule has 3 rings (SSSR count). The Morgan fingerprint density at radius 1 is 0.963 bits per heavy atom. The summed E-state index contributed by atoms with van der Waals surface area (Å²) in [6.07, 6.45) is 4.05. The van der Waals surface area contributed by atoms with Gasteiger partial charge in [0.25, 0.3) is 0 Å². The van der Waals surface area contributed by atoms with Crippen LogP contribution in [-0.2, 0) is 25.9 Å². The fraction of sp³-hybridized carbons (Fsp3) is 0.273. The first-order chi connectivity index (χ1) is 13.2. The van der Waals surface area contributed by atoms with Crippen molar-refractivity contribution < 1.29 is 24.1 Å². The maximum Gasteiger partial charge on any atom is 0.308 e. The van der Waals surface area contributed by atoms with E-state index < -0.39 is 0 Å². The van der Waals surface area contributed by atoms with Gasteiger partial charge in [-0.15, -0.1) is 0 Å². The highest BCUT2D eigenvalue weighted by atomic mass is 17.2. The molecule has 5 nitrogen and oxygen atoms in total. The molecule has 1 fully saturated rings. The van der Waals surface area contributed by atoms with E-state index in [1.165, 1.54) is 6.08 Å². The molecule has 0 unspecified atom stereocenters. The van der Waals surface area contributed by atoms with Gasteiger partial charge in [0, 0.05) is 5.56 Å². The van der Waals surface area contributed by atoms with Gasteiger partial charge < -0.3 is 4.74 Å². The molecular weight excluding hydrogens is 344 g/mol. The number of ketones is 1. The van der Waals surface area contributed by atoms with Crippen molar-refractivity contribution in [3.05, 3.63) is 83.9 Å². The van der Waals surface area contributed by atoms with Crippen LogP contribution in [0, 0.1) is 0 Å². The molecule has 0 aliphatic carbocycles. The average molecular weight is 366 g/mol. The quantitative estimate of drug-likeness (QED) is 0.320. The van der Waals surface area contributed by atoms with Gasteiger partial charge in [0.05, 0.1) is 6.42 Å². The predicted octanol–water partition coefficient (Wildman–Crippen LogP) is 4.04. The number of rotatable bonds is 7. The molecule has 0 saturated carbocycles. The Morgan fingerprint density at radius 3 is 2.33 bits per heavy atom. The molecule has 0 radical (unpaired) electrons. The molecule has 1 aliphatic rings. The number of esters is 1. The monoisotopic (exact) mass is 366 g/mol. The Hall–Kier alpha value is -2.76. The fourth-order valence-corrected chi connectivity index (χ4v) is 2.74. The van der Waals surface area contributed by atoms with Crippen LogP contribution in [0.5, 0.6) is 0 Å². The molecule has 27 heavy (non-hydrogen) atoms. The second kappa shape index (κ2) is 9.80. The lowest BCUT2D eigenvalue weighted by atomic mass is 10.0. The van der Waals surface area contributed by atoms with Crippen molar-refractivity contribution in [1.29, 1.82) is 0 Å². The Balaban J connectivity index is 1.38. The summed E-state index contributed by atoms with van der Waals surface area (Å²) in [5.74, 6) is -0.397. The van der Waals surface area contributed by atoms with Gasteiger partial charge in [0.1, 0.15) is 18.8 Å².